The summed E-state index contributed by atoms with van der Waals surface area (Å²) >= 11 is 0. The smallest absolute Gasteiger partial charge is 0.278 e. The number of carbonyl (C=O) groups excluding carboxylic acids is 1. The Bertz CT molecular complexity index is 922. The highest BCUT2D eigenvalue weighted by atomic mass is 16.5. The summed E-state index contributed by atoms with van der Waals surface area (Å²) in [5.41, 5.74) is 4.93. The van der Waals surface area contributed by atoms with E-state index in [1.807, 2.05) is 56.3 Å². The predicted molar refractivity (Wildman–Crippen MR) is 105 cm³/mol. The van der Waals surface area contributed by atoms with Crippen LogP contribution in [-0.2, 0) is 13.0 Å². The molecule has 140 valence electrons. The molecule has 5 nitrogen and oxygen atoms in total. The topological polar surface area (TPSA) is 64.4 Å². The standard InChI is InChI=1S/C22H24N2O3/c1-5-17-9-11-18(12-10-17)23-22(25)20-19(16(4)27-24-20)13-26-21-14(2)7-6-8-15(21)3/h6-12H,5,13H2,1-4H3,(H,23,25). The molecular weight excluding hydrogens is 340 g/mol. The molecule has 0 aliphatic rings. The van der Waals surface area contributed by atoms with Crippen LogP contribution in [0.4, 0.5) is 5.69 Å². The van der Waals surface area contributed by atoms with Crippen molar-refractivity contribution in [3.8, 4) is 5.75 Å². The van der Waals surface area contributed by atoms with E-state index in [1.54, 1.807) is 6.92 Å². The van der Waals surface area contributed by atoms with Crippen molar-refractivity contribution >= 4 is 11.6 Å². The van der Waals surface area contributed by atoms with E-state index in [4.69, 9.17) is 9.26 Å². The molecule has 0 bridgehead atoms. The van der Waals surface area contributed by atoms with E-state index < -0.39 is 0 Å². The van der Waals surface area contributed by atoms with Gasteiger partial charge in [-0.3, -0.25) is 4.79 Å². The van der Waals surface area contributed by atoms with E-state index in [0.717, 1.165) is 29.0 Å². The number of anilines is 1. The highest BCUT2D eigenvalue weighted by Gasteiger charge is 2.21. The van der Waals surface area contributed by atoms with Crippen molar-refractivity contribution in [2.75, 3.05) is 5.32 Å². The quantitative estimate of drug-likeness (QED) is 0.669. The third kappa shape index (κ3) is 4.19. The van der Waals surface area contributed by atoms with E-state index in [9.17, 15) is 4.79 Å². The van der Waals surface area contributed by atoms with Crippen molar-refractivity contribution in [3.63, 3.8) is 0 Å². The Kier molecular flexibility index (Phi) is 5.60. The molecule has 1 aromatic heterocycles. The van der Waals surface area contributed by atoms with Crippen molar-refractivity contribution in [1.82, 2.24) is 5.16 Å². The SMILES string of the molecule is CCc1ccc(NC(=O)c2noc(C)c2COc2c(C)cccc2C)cc1. The lowest BCUT2D eigenvalue weighted by atomic mass is 10.1. The maximum absolute atomic E-state index is 12.7. The largest absolute Gasteiger partial charge is 0.488 e. The molecule has 1 N–H and O–H groups in total. The van der Waals surface area contributed by atoms with E-state index in [-0.39, 0.29) is 18.2 Å². The van der Waals surface area contributed by atoms with Gasteiger partial charge in [0, 0.05) is 5.69 Å². The second-order valence-corrected chi connectivity index (χ2v) is 6.58. The maximum Gasteiger partial charge on any atom is 0.278 e. The number of ether oxygens (including phenoxy) is 1. The first-order valence-corrected chi connectivity index (χ1v) is 9.04. The zero-order chi connectivity index (χ0) is 19.4. The van der Waals surface area contributed by atoms with Crippen molar-refractivity contribution in [2.24, 2.45) is 0 Å². The Hall–Kier alpha value is -3.08. The van der Waals surface area contributed by atoms with Crippen LogP contribution in [0.3, 0.4) is 0 Å². The number of aromatic nitrogens is 1. The fourth-order valence-corrected chi connectivity index (χ4v) is 2.92. The van der Waals surface area contributed by atoms with E-state index >= 15 is 0 Å². The highest BCUT2D eigenvalue weighted by Crippen LogP contribution is 2.25. The number of benzene rings is 2. The number of hydrogen-bond acceptors (Lipinski definition) is 4. The average Bonchev–Trinajstić information content (AvgIpc) is 3.03. The molecule has 0 unspecified atom stereocenters. The summed E-state index contributed by atoms with van der Waals surface area (Å²) in [6, 6.07) is 13.7. The normalized spacial score (nSPS) is 10.7. The van der Waals surface area contributed by atoms with Gasteiger partial charge in [-0.1, -0.05) is 42.4 Å². The van der Waals surface area contributed by atoms with Gasteiger partial charge in [0.2, 0.25) is 0 Å². The van der Waals surface area contributed by atoms with Crippen LogP contribution in [0.25, 0.3) is 0 Å². The van der Waals surface area contributed by atoms with Gasteiger partial charge < -0.3 is 14.6 Å². The molecule has 3 aromatic rings. The van der Waals surface area contributed by atoms with E-state index in [0.29, 0.717) is 11.3 Å². The summed E-state index contributed by atoms with van der Waals surface area (Å²) in [5.74, 6) is 1.09. The average molecular weight is 364 g/mol. The van der Waals surface area contributed by atoms with Crippen LogP contribution in [0.2, 0.25) is 0 Å². The number of para-hydroxylation sites is 1. The van der Waals surface area contributed by atoms with Crippen LogP contribution in [0, 0.1) is 20.8 Å². The van der Waals surface area contributed by atoms with Crippen LogP contribution >= 0.6 is 0 Å². The monoisotopic (exact) mass is 364 g/mol. The van der Waals surface area contributed by atoms with Crippen molar-refractivity contribution < 1.29 is 14.1 Å². The summed E-state index contributed by atoms with van der Waals surface area (Å²) in [6.45, 7) is 8.09. The van der Waals surface area contributed by atoms with Gasteiger partial charge in [0.1, 0.15) is 18.1 Å². The van der Waals surface area contributed by atoms with E-state index in [1.165, 1.54) is 5.56 Å². The molecule has 1 heterocycles. The fraction of sp³-hybridized carbons (Fsp3) is 0.273. The maximum atomic E-state index is 12.7. The molecule has 1 amide bonds. The lowest BCUT2D eigenvalue weighted by molar-refractivity contribution is 0.101. The summed E-state index contributed by atoms with van der Waals surface area (Å²) in [6.07, 6.45) is 0.955. The zero-order valence-corrected chi connectivity index (χ0v) is 16.1. The Morgan fingerprint density at radius 3 is 2.37 bits per heavy atom. The molecule has 2 aromatic carbocycles. The van der Waals surface area contributed by atoms with Gasteiger partial charge in [-0.05, 0) is 56.0 Å². The van der Waals surface area contributed by atoms with Gasteiger partial charge in [0.15, 0.2) is 5.69 Å². The number of hydrogen-bond donors (Lipinski definition) is 1. The minimum atomic E-state index is -0.309. The summed E-state index contributed by atoms with van der Waals surface area (Å²) < 4.78 is 11.2. The molecule has 0 fully saturated rings. The molecule has 0 saturated carbocycles. The number of carbonyl (C=O) groups is 1. The van der Waals surface area contributed by atoms with Crippen LogP contribution < -0.4 is 10.1 Å². The minimum Gasteiger partial charge on any atom is -0.488 e. The number of rotatable bonds is 6. The lowest BCUT2D eigenvalue weighted by Crippen LogP contribution is -2.15. The number of amides is 1. The Labute approximate surface area is 159 Å². The molecule has 5 heteroatoms. The van der Waals surface area contributed by atoms with Gasteiger partial charge in [-0.15, -0.1) is 0 Å². The molecular formula is C22H24N2O3. The van der Waals surface area contributed by atoms with Crippen LogP contribution in [0.5, 0.6) is 5.75 Å². The summed E-state index contributed by atoms with van der Waals surface area (Å²) in [7, 11) is 0. The van der Waals surface area contributed by atoms with Gasteiger partial charge in [-0.2, -0.15) is 0 Å². The zero-order valence-electron chi connectivity index (χ0n) is 16.1. The first-order valence-electron chi connectivity index (χ1n) is 9.04. The van der Waals surface area contributed by atoms with Gasteiger partial charge >= 0.3 is 0 Å². The van der Waals surface area contributed by atoms with Gasteiger partial charge in [-0.25, -0.2) is 0 Å². The molecule has 0 saturated heterocycles. The fourth-order valence-electron chi connectivity index (χ4n) is 2.92. The minimum absolute atomic E-state index is 0.221. The molecule has 0 atom stereocenters. The van der Waals surface area contributed by atoms with Crippen molar-refractivity contribution in [3.05, 3.63) is 76.2 Å². The first kappa shape index (κ1) is 18.7. The second-order valence-electron chi connectivity index (χ2n) is 6.58. The third-order valence-electron chi connectivity index (χ3n) is 4.59. The number of nitrogens with one attached hydrogen (secondary N) is 1. The Balaban J connectivity index is 1.76. The highest BCUT2D eigenvalue weighted by molar-refractivity contribution is 6.03. The second kappa shape index (κ2) is 8.08. The molecule has 0 aliphatic heterocycles. The van der Waals surface area contributed by atoms with Gasteiger partial charge in [0.25, 0.3) is 5.91 Å². The predicted octanol–water partition coefficient (Wildman–Crippen LogP) is 4.99. The lowest BCUT2D eigenvalue weighted by Gasteiger charge is -2.12. The van der Waals surface area contributed by atoms with Crippen LogP contribution in [-0.4, -0.2) is 11.1 Å². The summed E-state index contributed by atoms with van der Waals surface area (Å²) in [5, 5.41) is 6.80. The first-order chi connectivity index (χ1) is 13.0. The number of aryl methyl sites for hydroxylation is 4. The Morgan fingerprint density at radius 1 is 1.07 bits per heavy atom. The summed E-state index contributed by atoms with van der Waals surface area (Å²) in [4.78, 5) is 12.7. The number of nitrogens with zero attached hydrogens (tertiary/aromatic N) is 1. The van der Waals surface area contributed by atoms with Gasteiger partial charge in [0.05, 0.1) is 5.56 Å². The Morgan fingerprint density at radius 2 is 1.74 bits per heavy atom. The molecule has 0 spiro atoms. The van der Waals surface area contributed by atoms with Crippen molar-refractivity contribution in [1.29, 1.82) is 0 Å². The van der Waals surface area contributed by atoms with E-state index in [2.05, 4.69) is 17.4 Å². The van der Waals surface area contributed by atoms with Crippen molar-refractivity contribution in [2.45, 2.75) is 40.7 Å². The molecule has 0 aliphatic carbocycles. The van der Waals surface area contributed by atoms with Crippen LogP contribution in [0.15, 0.2) is 47.0 Å². The molecule has 0 radical (unpaired) electrons. The molecule has 3 rings (SSSR count). The molecule has 27 heavy (non-hydrogen) atoms. The third-order valence-corrected chi connectivity index (χ3v) is 4.59. The van der Waals surface area contributed by atoms with Crippen LogP contribution in [0.1, 0.15) is 45.4 Å².